The van der Waals surface area contributed by atoms with Gasteiger partial charge in [0.1, 0.15) is 12.4 Å². The Morgan fingerprint density at radius 2 is 2.06 bits per heavy atom. The number of methoxy groups -OCH3 is 1. The van der Waals surface area contributed by atoms with Crippen molar-refractivity contribution in [1.82, 2.24) is 20.2 Å². The largest absolute Gasteiger partial charge is 0.481 e. The summed E-state index contributed by atoms with van der Waals surface area (Å²) in [6.07, 6.45) is 0.515. The van der Waals surface area contributed by atoms with Gasteiger partial charge in [0.2, 0.25) is 5.88 Å². The molecule has 1 fully saturated rings. The topological polar surface area (TPSA) is 96.8 Å². The smallest absolute Gasteiger partial charge is 0.407 e. The van der Waals surface area contributed by atoms with Crippen LogP contribution in [0.15, 0.2) is 48.7 Å². The number of hydrogen-bond donors (Lipinski definition) is 2. The van der Waals surface area contributed by atoms with Crippen LogP contribution >= 0.6 is 0 Å². The molecule has 1 aliphatic rings. The summed E-state index contributed by atoms with van der Waals surface area (Å²) < 4.78 is 24.9. The number of aliphatic hydroxyl groups is 1. The van der Waals surface area contributed by atoms with Crippen molar-refractivity contribution in [2.45, 2.75) is 19.1 Å². The summed E-state index contributed by atoms with van der Waals surface area (Å²) >= 11 is 0. The van der Waals surface area contributed by atoms with Crippen LogP contribution in [0.1, 0.15) is 11.1 Å². The van der Waals surface area contributed by atoms with E-state index in [9.17, 15) is 14.3 Å². The molecule has 0 bridgehead atoms. The maximum absolute atomic E-state index is 14.5. The summed E-state index contributed by atoms with van der Waals surface area (Å²) in [6.45, 7) is 2.07. The number of carbonyl (C=O) groups is 1. The van der Waals surface area contributed by atoms with Crippen molar-refractivity contribution in [2.75, 3.05) is 33.3 Å². The Kier molecular flexibility index (Phi) is 7.31. The van der Waals surface area contributed by atoms with Crippen molar-refractivity contribution in [2.24, 2.45) is 5.92 Å². The first-order valence-corrected chi connectivity index (χ1v) is 10.9. The van der Waals surface area contributed by atoms with E-state index in [1.807, 2.05) is 30.3 Å². The fraction of sp³-hybridized carbons (Fsp3) is 0.375. The molecule has 1 aliphatic heterocycles. The van der Waals surface area contributed by atoms with Gasteiger partial charge < -0.3 is 19.9 Å². The molecule has 1 amide bonds. The molecule has 0 unspecified atom stereocenters. The van der Waals surface area contributed by atoms with E-state index >= 15 is 0 Å². The molecule has 8 nitrogen and oxygen atoms in total. The number of benzene rings is 1. The van der Waals surface area contributed by atoms with Gasteiger partial charge in [-0.15, -0.1) is 0 Å². The number of carbonyl (C=O) groups excluding carboxylic acids is 1. The number of fused-ring (bicyclic) bond motifs is 1. The first-order valence-electron chi connectivity index (χ1n) is 10.9. The minimum atomic E-state index is -0.586. The Labute approximate surface area is 191 Å². The van der Waals surface area contributed by atoms with Crippen LogP contribution in [-0.4, -0.2) is 65.5 Å². The fourth-order valence-corrected chi connectivity index (χ4v) is 4.01. The van der Waals surface area contributed by atoms with Gasteiger partial charge in [-0.1, -0.05) is 30.3 Å². The van der Waals surface area contributed by atoms with Crippen LogP contribution in [0.2, 0.25) is 0 Å². The van der Waals surface area contributed by atoms with Gasteiger partial charge in [-0.3, -0.25) is 9.88 Å². The molecule has 33 heavy (non-hydrogen) atoms. The van der Waals surface area contributed by atoms with E-state index in [0.29, 0.717) is 55.1 Å². The third-order valence-electron chi connectivity index (χ3n) is 5.83. The zero-order valence-corrected chi connectivity index (χ0v) is 18.4. The minimum absolute atomic E-state index is 0.133. The van der Waals surface area contributed by atoms with Crippen LogP contribution in [-0.2, 0) is 17.8 Å². The molecule has 2 atom stereocenters. The highest BCUT2D eigenvalue weighted by Crippen LogP contribution is 2.23. The summed E-state index contributed by atoms with van der Waals surface area (Å²) in [5.74, 6) is -0.146. The number of alkyl carbamates (subject to hydrolysis) is 1. The number of amides is 1. The molecule has 0 radical (unpaired) electrons. The van der Waals surface area contributed by atoms with Gasteiger partial charge in [0, 0.05) is 43.7 Å². The Hall–Kier alpha value is -3.30. The summed E-state index contributed by atoms with van der Waals surface area (Å²) in [7, 11) is 1.51. The van der Waals surface area contributed by atoms with Gasteiger partial charge >= 0.3 is 6.09 Å². The Bertz CT molecular complexity index is 1100. The van der Waals surface area contributed by atoms with Crippen LogP contribution < -0.4 is 10.1 Å². The third-order valence-corrected chi connectivity index (χ3v) is 5.83. The van der Waals surface area contributed by atoms with Crippen LogP contribution in [0, 0.1) is 11.7 Å². The summed E-state index contributed by atoms with van der Waals surface area (Å²) in [5, 5.41) is 13.2. The van der Waals surface area contributed by atoms with E-state index in [2.05, 4.69) is 20.2 Å². The van der Waals surface area contributed by atoms with Crippen molar-refractivity contribution < 1.29 is 23.8 Å². The number of pyridine rings is 2. The van der Waals surface area contributed by atoms with Gasteiger partial charge in [-0.25, -0.2) is 14.2 Å². The lowest BCUT2D eigenvalue weighted by atomic mass is 10.1. The van der Waals surface area contributed by atoms with E-state index in [1.54, 1.807) is 12.1 Å². The van der Waals surface area contributed by atoms with E-state index in [0.717, 1.165) is 5.56 Å². The van der Waals surface area contributed by atoms with Gasteiger partial charge in [0.25, 0.3) is 0 Å². The molecule has 3 aromatic rings. The average molecular weight is 455 g/mol. The highest BCUT2D eigenvalue weighted by Gasteiger charge is 2.31. The normalized spacial score (nSPS) is 18.4. The molecule has 0 saturated carbocycles. The van der Waals surface area contributed by atoms with E-state index in [-0.39, 0.29) is 12.5 Å². The number of halogens is 1. The SMILES string of the molecule is COc1ccc2ncc(F)c(CCN3C[C@@H](CNC(=O)OCc4ccccc4)[C@@H](O)C3)c2n1. The fourth-order valence-electron chi connectivity index (χ4n) is 4.01. The number of β-amino-alcohol motifs (C(OH)–C–C–N with tert-alkyl or cyclic N) is 1. The van der Waals surface area contributed by atoms with Crippen molar-refractivity contribution in [3.63, 3.8) is 0 Å². The molecule has 1 saturated heterocycles. The Morgan fingerprint density at radius 1 is 1.24 bits per heavy atom. The number of rotatable bonds is 8. The second-order valence-electron chi connectivity index (χ2n) is 8.09. The zero-order valence-electron chi connectivity index (χ0n) is 18.4. The number of aliphatic hydroxyl groups excluding tert-OH is 1. The number of hydrogen-bond acceptors (Lipinski definition) is 7. The quantitative estimate of drug-likeness (QED) is 0.540. The van der Waals surface area contributed by atoms with Crippen molar-refractivity contribution in [1.29, 1.82) is 0 Å². The highest BCUT2D eigenvalue weighted by atomic mass is 19.1. The second-order valence-corrected chi connectivity index (χ2v) is 8.09. The van der Waals surface area contributed by atoms with Crippen LogP contribution in [0.5, 0.6) is 5.88 Å². The van der Waals surface area contributed by atoms with E-state index in [1.165, 1.54) is 13.3 Å². The van der Waals surface area contributed by atoms with Crippen molar-refractivity contribution in [3.8, 4) is 5.88 Å². The number of likely N-dealkylation sites (tertiary alicyclic amines) is 1. The molecule has 4 rings (SSSR count). The third kappa shape index (κ3) is 5.74. The van der Waals surface area contributed by atoms with E-state index < -0.39 is 18.0 Å². The monoisotopic (exact) mass is 454 g/mol. The molecule has 3 heterocycles. The lowest BCUT2D eigenvalue weighted by Gasteiger charge is -2.17. The molecule has 9 heteroatoms. The lowest BCUT2D eigenvalue weighted by Crippen LogP contribution is -2.34. The van der Waals surface area contributed by atoms with Crippen LogP contribution in [0.25, 0.3) is 11.0 Å². The maximum atomic E-state index is 14.5. The van der Waals surface area contributed by atoms with Crippen LogP contribution in [0.3, 0.4) is 0 Å². The predicted molar refractivity (Wildman–Crippen MR) is 120 cm³/mol. The number of nitrogens with zero attached hydrogens (tertiary/aromatic N) is 3. The van der Waals surface area contributed by atoms with Gasteiger partial charge in [-0.2, -0.15) is 0 Å². The first kappa shape index (κ1) is 22.9. The molecule has 1 aromatic carbocycles. The van der Waals surface area contributed by atoms with E-state index in [4.69, 9.17) is 9.47 Å². The second kappa shape index (κ2) is 10.5. The number of nitrogens with one attached hydrogen (secondary N) is 1. The number of aromatic nitrogens is 2. The highest BCUT2D eigenvalue weighted by molar-refractivity contribution is 5.78. The van der Waals surface area contributed by atoms with Gasteiger partial charge in [-0.05, 0) is 18.1 Å². The first-order chi connectivity index (χ1) is 16.0. The molecule has 2 aromatic heterocycles. The standard InChI is InChI=1S/C24H27FN4O4/c1-32-22-8-7-20-23(28-22)18(19(25)12-26-20)9-10-29-13-17(21(30)14-29)11-27-24(31)33-15-16-5-3-2-4-6-16/h2-8,12,17,21,30H,9-11,13-15H2,1H3,(H,27,31)/t17-,21+/m1/s1. The summed E-state index contributed by atoms with van der Waals surface area (Å²) in [5.41, 5.74) is 2.46. The van der Waals surface area contributed by atoms with Crippen LogP contribution in [0.4, 0.5) is 9.18 Å². The Balaban J connectivity index is 1.29. The molecular weight excluding hydrogens is 427 g/mol. The van der Waals surface area contributed by atoms with Gasteiger partial charge in [0.05, 0.1) is 30.4 Å². The Morgan fingerprint density at radius 3 is 2.85 bits per heavy atom. The minimum Gasteiger partial charge on any atom is -0.481 e. The average Bonchev–Trinajstić information content (AvgIpc) is 3.20. The zero-order chi connectivity index (χ0) is 23.2. The molecule has 0 aliphatic carbocycles. The van der Waals surface area contributed by atoms with Crippen molar-refractivity contribution >= 4 is 17.1 Å². The number of ether oxygens (including phenoxy) is 2. The molecule has 174 valence electrons. The van der Waals surface area contributed by atoms with Crippen molar-refractivity contribution in [3.05, 3.63) is 65.6 Å². The van der Waals surface area contributed by atoms with Gasteiger partial charge in [0.15, 0.2) is 0 Å². The summed E-state index contributed by atoms with van der Waals surface area (Å²) in [6, 6.07) is 12.9. The predicted octanol–water partition coefficient (Wildman–Crippen LogP) is 2.54. The maximum Gasteiger partial charge on any atom is 0.407 e. The lowest BCUT2D eigenvalue weighted by molar-refractivity contribution is 0.124. The molecular formula is C24H27FN4O4. The molecule has 0 spiro atoms. The summed E-state index contributed by atoms with van der Waals surface area (Å²) in [4.78, 5) is 22.5. The molecule has 2 N–H and O–H groups in total.